The third-order valence-electron chi connectivity index (χ3n) is 11.6. The molecule has 0 aliphatic carbocycles. The molecule has 6 heterocycles. The number of aromatic amines is 1. The molecule has 2 aliphatic heterocycles. The van der Waals surface area contributed by atoms with E-state index in [2.05, 4.69) is 74.9 Å². The zero-order chi connectivity index (χ0) is 47.0. The van der Waals surface area contributed by atoms with Gasteiger partial charge in [-0.1, -0.05) is 62.6 Å². The van der Waals surface area contributed by atoms with E-state index in [0.717, 1.165) is 74.4 Å². The van der Waals surface area contributed by atoms with Crippen molar-refractivity contribution in [3.8, 4) is 22.8 Å². The zero-order valence-corrected chi connectivity index (χ0v) is 39.3. The van der Waals surface area contributed by atoms with Crippen molar-refractivity contribution in [1.82, 2.24) is 49.4 Å². The van der Waals surface area contributed by atoms with Crippen LogP contribution in [0.15, 0.2) is 112 Å². The predicted octanol–water partition coefficient (Wildman–Crippen LogP) is 5.92. The maximum absolute atomic E-state index is 12.8. The number of H-pyrrole nitrogens is 1. The van der Waals surface area contributed by atoms with Crippen LogP contribution >= 0.6 is 15.9 Å². The van der Waals surface area contributed by atoms with Crippen LogP contribution < -0.4 is 11.5 Å². The molecule has 0 radical (unpaired) electrons. The van der Waals surface area contributed by atoms with Gasteiger partial charge in [-0.3, -0.25) is 28.9 Å². The second kappa shape index (κ2) is 21.3. The fourth-order valence-corrected chi connectivity index (χ4v) is 8.08. The van der Waals surface area contributed by atoms with Crippen molar-refractivity contribution in [3.05, 3.63) is 140 Å². The quantitative estimate of drug-likeness (QED) is 0.118. The van der Waals surface area contributed by atoms with Gasteiger partial charge in [-0.25, -0.2) is 9.59 Å². The number of benzene rings is 4. The van der Waals surface area contributed by atoms with E-state index < -0.39 is 11.5 Å². The number of nitrogens with zero attached hydrogens (tertiary/aromatic N) is 9. The number of aryl methyl sites for hydroxylation is 2. The molecule has 18 nitrogen and oxygen atoms in total. The number of halogens is 1. The monoisotopic (exact) mass is 974 g/mol. The molecule has 0 amide bonds. The van der Waals surface area contributed by atoms with Gasteiger partial charge in [0.05, 0.1) is 30.7 Å². The maximum atomic E-state index is 12.8. The van der Waals surface area contributed by atoms with Gasteiger partial charge in [0.1, 0.15) is 0 Å². The number of hydrogen-bond acceptors (Lipinski definition) is 16. The summed E-state index contributed by atoms with van der Waals surface area (Å²) in [6.07, 6.45) is 0. The molecule has 19 heteroatoms. The number of nitrogens with one attached hydrogen (secondary N) is 1. The van der Waals surface area contributed by atoms with Crippen LogP contribution in [0.4, 0.5) is 0 Å². The Kier molecular flexibility index (Phi) is 14.9. The predicted molar refractivity (Wildman–Crippen MR) is 255 cm³/mol. The molecule has 2 saturated heterocycles. The molecule has 67 heavy (non-hydrogen) atoms. The van der Waals surface area contributed by atoms with E-state index >= 15 is 0 Å². The molecule has 1 N–H and O–H groups in total. The number of carbonyl (C=O) groups excluding carboxylic acids is 2. The summed E-state index contributed by atoms with van der Waals surface area (Å²) in [7, 11) is 4.17. The smallest absolute Gasteiger partial charge is 0.408 e. The zero-order valence-electron chi connectivity index (χ0n) is 37.7. The van der Waals surface area contributed by atoms with Gasteiger partial charge in [-0.15, -0.1) is 0 Å². The normalized spacial score (nSPS) is 15.0. The van der Waals surface area contributed by atoms with E-state index in [4.69, 9.17) is 17.9 Å². The number of Topliss-reactive ketones (excluding diaryl/α,β-unsaturated/α-hetero) is 2. The van der Waals surface area contributed by atoms with Crippen molar-refractivity contribution in [2.45, 2.75) is 25.7 Å². The molecule has 0 unspecified atom stereocenters. The van der Waals surface area contributed by atoms with E-state index in [1.807, 2.05) is 48.5 Å². The number of likely N-dealkylation sites (N-methyl/N-ethyl adjacent to an activating group) is 2. The number of aromatic nitrogens is 6. The molecule has 10 rings (SSSR count). The van der Waals surface area contributed by atoms with Gasteiger partial charge >= 0.3 is 11.5 Å². The highest BCUT2D eigenvalue weighted by atomic mass is 79.9. The van der Waals surface area contributed by atoms with Crippen LogP contribution in [0.3, 0.4) is 0 Å². The first-order valence-electron chi connectivity index (χ1n) is 21.9. The Morgan fingerprint density at radius 1 is 0.642 bits per heavy atom. The van der Waals surface area contributed by atoms with Gasteiger partial charge in [0.15, 0.2) is 22.7 Å². The van der Waals surface area contributed by atoms with Crippen molar-refractivity contribution in [3.63, 3.8) is 0 Å². The van der Waals surface area contributed by atoms with Crippen LogP contribution in [0.2, 0.25) is 0 Å². The molecule has 0 spiro atoms. The minimum absolute atomic E-state index is 0.0277. The summed E-state index contributed by atoms with van der Waals surface area (Å²) >= 11 is 3.41. The summed E-state index contributed by atoms with van der Waals surface area (Å²) in [6, 6.07) is 26.0. The minimum Gasteiger partial charge on any atom is -0.408 e. The SMILES string of the molecule is CN1CCN(CC(=O)c2ccc3[nH]c(=O)oc3c2)CC1.Cc1nc(-c2cccc(CBr)c2)no1.Cc1nc(-c2cccc(Cn3c(=O)oc4cc(C(=O)CN5CCN(C)CC5)ccc43)c2)no1. The van der Waals surface area contributed by atoms with Gasteiger partial charge in [0.25, 0.3) is 0 Å². The highest BCUT2D eigenvalue weighted by Gasteiger charge is 2.21. The first-order valence-corrected chi connectivity index (χ1v) is 23.0. The Labute approximate surface area is 393 Å². The lowest BCUT2D eigenvalue weighted by molar-refractivity contribution is 0.0869. The molecule has 0 atom stereocenters. The van der Waals surface area contributed by atoms with Crippen LogP contribution in [-0.4, -0.2) is 141 Å². The van der Waals surface area contributed by atoms with E-state index in [1.54, 1.807) is 54.8 Å². The first kappa shape index (κ1) is 46.9. The molecule has 2 fully saturated rings. The summed E-state index contributed by atoms with van der Waals surface area (Å²) in [6.45, 7) is 12.1. The van der Waals surface area contributed by atoms with Crippen LogP contribution in [-0.2, 0) is 11.9 Å². The van der Waals surface area contributed by atoms with Crippen LogP contribution in [0.5, 0.6) is 0 Å². The van der Waals surface area contributed by atoms with Gasteiger partial charge in [0, 0.05) is 93.8 Å². The molecule has 4 aromatic heterocycles. The second-order valence-corrected chi connectivity index (χ2v) is 17.2. The summed E-state index contributed by atoms with van der Waals surface area (Å²) in [4.78, 5) is 68.5. The summed E-state index contributed by atoms with van der Waals surface area (Å²) in [5.74, 6) is 1.35. The topological polar surface area (TPSA) is 206 Å². The summed E-state index contributed by atoms with van der Waals surface area (Å²) < 4.78 is 22.0. The highest BCUT2D eigenvalue weighted by molar-refractivity contribution is 9.08. The van der Waals surface area contributed by atoms with E-state index in [0.29, 0.717) is 76.4 Å². The second-order valence-electron chi connectivity index (χ2n) is 16.7. The van der Waals surface area contributed by atoms with Crippen molar-refractivity contribution in [1.29, 1.82) is 0 Å². The van der Waals surface area contributed by atoms with Gasteiger partial charge in [0.2, 0.25) is 23.4 Å². The Bertz CT molecular complexity index is 3100. The van der Waals surface area contributed by atoms with Crippen molar-refractivity contribution < 1.29 is 27.5 Å². The summed E-state index contributed by atoms with van der Waals surface area (Å²) in [5, 5.41) is 8.64. The van der Waals surface area contributed by atoms with Crippen LogP contribution in [0, 0.1) is 13.8 Å². The van der Waals surface area contributed by atoms with Crippen LogP contribution in [0.1, 0.15) is 43.6 Å². The van der Waals surface area contributed by atoms with Crippen molar-refractivity contribution in [2.75, 3.05) is 79.5 Å². The highest BCUT2D eigenvalue weighted by Crippen LogP contribution is 2.22. The lowest BCUT2D eigenvalue weighted by Crippen LogP contribution is -2.46. The number of alkyl halides is 1. The third kappa shape index (κ3) is 12.0. The lowest BCUT2D eigenvalue weighted by Gasteiger charge is -2.31. The van der Waals surface area contributed by atoms with E-state index in [-0.39, 0.29) is 11.6 Å². The number of ketones is 2. The molecule has 8 aromatic rings. The number of piperazine rings is 2. The molecule has 0 saturated carbocycles. The number of rotatable bonds is 11. The standard InChI is InChI=1S/C24H25N5O4.C14H17N3O3.C10H9BrN2O/c1-16-25-23(26-33-16)19-5-3-4-17(12-19)14-29-20-7-6-18(13-22(20)32-24(29)31)21(30)15-28-10-8-27(2)9-11-28;1-16-4-6-17(7-5-16)9-12(18)10-2-3-11-13(8-10)20-14(19)15-11;1-7-12-10(13-14-7)9-4-2-3-8(5-9)6-11/h3-7,12-13H,8-11,14-15H2,1-2H3;2-3,8H,4-7,9H2,1H3,(H,15,19);2-5H,6H2,1H3. The van der Waals surface area contributed by atoms with Crippen LogP contribution in [0.25, 0.3) is 45.0 Å². The average Bonchev–Trinajstić information content (AvgIpc) is 4.14. The maximum Gasteiger partial charge on any atom is 0.420 e. The number of carbonyl (C=O) groups is 2. The number of hydrogen-bond donors (Lipinski definition) is 1. The van der Waals surface area contributed by atoms with Gasteiger partial charge in [-0.05, 0) is 73.8 Å². The van der Waals surface area contributed by atoms with Crippen molar-refractivity contribution in [2.24, 2.45) is 0 Å². The average molecular weight is 976 g/mol. The Morgan fingerprint density at radius 3 is 1.70 bits per heavy atom. The number of oxazole rings is 2. The largest absolute Gasteiger partial charge is 0.420 e. The molecule has 0 bridgehead atoms. The van der Waals surface area contributed by atoms with Crippen molar-refractivity contribution >= 4 is 49.7 Å². The molecule has 348 valence electrons. The molecular formula is C48H51BrN10O8. The van der Waals surface area contributed by atoms with Gasteiger partial charge in [-0.2, -0.15) is 9.97 Å². The Balaban J connectivity index is 0.000000151. The van der Waals surface area contributed by atoms with Gasteiger partial charge < -0.3 is 27.7 Å². The fourth-order valence-electron chi connectivity index (χ4n) is 7.73. The lowest BCUT2D eigenvalue weighted by atomic mass is 10.1. The number of fused-ring (bicyclic) bond motifs is 2. The Hall–Kier alpha value is -6.64. The first-order chi connectivity index (χ1) is 32.4. The fraction of sp³-hybridized carbons (Fsp3) is 0.333. The molecular weight excluding hydrogens is 924 g/mol. The van der Waals surface area contributed by atoms with E-state index in [1.165, 1.54) is 5.56 Å². The molecule has 2 aliphatic rings. The molecule has 4 aromatic carbocycles. The third-order valence-corrected chi connectivity index (χ3v) is 12.2. The summed E-state index contributed by atoms with van der Waals surface area (Å²) in [5.41, 5.74) is 7.13. The Morgan fingerprint density at radius 2 is 1.16 bits per heavy atom. The van der Waals surface area contributed by atoms with E-state index in [9.17, 15) is 19.2 Å². The minimum atomic E-state index is -0.497.